The molecular formula is C7H15FO4. The lowest BCUT2D eigenvalue weighted by Crippen LogP contribution is -2.38. The summed E-state index contributed by atoms with van der Waals surface area (Å²) in [4.78, 5) is 0. The molecule has 0 aromatic heterocycles. The molecule has 0 fully saturated rings. The van der Waals surface area contributed by atoms with E-state index in [1.54, 1.807) is 0 Å². The summed E-state index contributed by atoms with van der Waals surface area (Å²) in [5, 5.41) is 35.6. The summed E-state index contributed by atoms with van der Waals surface area (Å²) >= 11 is 0. The second-order valence-electron chi connectivity index (χ2n) is 2.84. The molecule has 0 heterocycles. The third kappa shape index (κ3) is 3.96. The Hall–Kier alpha value is -0.230. The van der Waals surface area contributed by atoms with E-state index in [1.165, 1.54) is 6.92 Å². The first kappa shape index (κ1) is 11.8. The van der Waals surface area contributed by atoms with Crippen molar-refractivity contribution >= 4 is 0 Å². The standard InChI is InChI=1S/C7H15FO4/c1-4(9)7(12)6(11)2-5(10)3-8/h4-7,9-12H,2-3H2,1H3. The maximum atomic E-state index is 11.7. The van der Waals surface area contributed by atoms with Gasteiger partial charge < -0.3 is 20.4 Å². The average Bonchev–Trinajstić information content (AvgIpc) is 2.02. The lowest BCUT2D eigenvalue weighted by Gasteiger charge is -2.21. The second kappa shape index (κ2) is 5.42. The summed E-state index contributed by atoms with van der Waals surface area (Å²) in [5.41, 5.74) is 0. The van der Waals surface area contributed by atoms with Crippen LogP contribution in [-0.2, 0) is 0 Å². The highest BCUT2D eigenvalue weighted by molar-refractivity contribution is 4.74. The number of rotatable bonds is 5. The Kier molecular flexibility index (Phi) is 5.32. The van der Waals surface area contributed by atoms with Crippen molar-refractivity contribution in [2.45, 2.75) is 37.8 Å². The summed E-state index contributed by atoms with van der Waals surface area (Å²) < 4.78 is 11.7. The third-order valence-corrected chi connectivity index (χ3v) is 1.58. The van der Waals surface area contributed by atoms with Crippen LogP contribution in [-0.4, -0.2) is 51.5 Å². The number of halogens is 1. The van der Waals surface area contributed by atoms with Gasteiger partial charge in [-0.3, -0.25) is 0 Å². The quantitative estimate of drug-likeness (QED) is 0.431. The zero-order chi connectivity index (χ0) is 9.72. The van der Waals surface area contributed by atoms with E-state index in [0.717, 1.165) is 0 Å². The molecule has 4 N–H and O–H groups in total. The van der Waals surface area contributed by atoms with E-state index in [4.69, 9.17) is 20.4 Å². The molecule has 4 nitrogen and oxygen atoms in total. The van der Waals surface area contributed by atoms with E-state index in [1.807, 2.05) is 0 Å². The first-order valence-corrected chi connectivity index (χ1v) is 3.77. The first-order chi connectivity index (χ1) is 5.49. The van der Waals surface area contributed by atoms with Gasteiger partial charge in [0.05, 0.1) is 18.3 Å². The number of aliphatic hydroxyl groups is 4. The van der Waals surface area contributed by atoms with Gasteiger partial charge in [0.25, 0.3) is 0 Å². The van der Waals surface area contributed by atoms with Gasteiger partial charge in [-0.15, -0.1) is 0 Å². The molecule has 12 heavy (non-hydrogen) atoms. The van der Waals surface area contributed by atoms with Gasteiger partial charge in [0.15, 0.2) is 0 Å². The van der Waals surface area contributed by atoms with Crippen molar-refractivity contribution in [3.8, 4) is 0 Å². The molecule has 0 bridgehead atoms. The molecule has 0 radical (unpaired) electrons. The Labute approximate surface area is 70.3 Å². The molecule has 0 aliphatic rings. The Balaban J connectivity index is 3.78. The van der Waals surface area contributed by atoms with Crippen LogP contribution in [0.4, 0.5) is 4.39 Å². The Bertz CT molecular complexity index is 120. The van der Waals surface area contributed by atoms with Crippen molar-refractivity contribution in [3.05, 3.63) is 0 Å². The predicted octanol–water partition coefficient (Wildman–Crippen LogP) is -1.19. The minimum Gasteiger partial charge on any atom is -0.391 e. The topological polar surface area (TPSA) is 80.9 Å². The molecule has 5 heteroatoms. The maximum absolute atomic E-state index is 11.7. The summed E-state index contributed by atoms with van der Waals surface area (Å²) in [6.45, 7) is 0.333. The van der Waals surface area contributed by atoms with E-state index in [9.17, 15) is 4.39 Å². The fourth-order valence-corrected chi connectivity index (χ4v) is 0.803. The molecule has 0 aromatic carbocycles. The Morgan fingerprint density at radius 3 is 2.00 bits per heavy atom. The summed E-state index contributed by atoms with van der Waals surface area (Å²) in [7, 11) is 0. The van der Waals surface area contributed by atoms with Crippen LogP contribution in [0, 0.1) is 0 Å². The zero-order valence-electron chi connectivity index (χ0n) is 6.89. The minimum absolute atomic E-state index is 0.275. The van der Waals surface area contributed by atoms with Crippen LogP contribution in [0.5, 0.6) is 0 Å². The van der Waals surface area contributed by atoms with Crippen LogP contribution >= 0.6 is 0 Å². The Morgan fingerprint density at radius 1 is 1.17 bits per heavy atom. The fraction of sp³-hybridized carbons (Fsp3) is 1.00. The van der Waals surface area contributed by atoms with Crippen LogP contribution in [0.1, 0.15) is 13.3 Å². The predicted molar refractivity (Wildman–Crippen MR) is 40.3 cm³/mol. The molecular weight excluding hydrogens is 167 g/mol. The van der Waals surface area contributed by atoms with Gasteiger partial charge in [0.2, 0.25) is 0 Å². The summed E-state index contributed by atoms with van der Waals surface area (Å²) in [6.07, 6.45) is -5.29. The normalized spacial score (nSPS) is 21.5. The van der Waals surface area contributed by atoms with Crippen molar-refractivity contribution in [3.63, 3.8) is 0 Å². The highest BCUT2D eigenvalue weighted by Crippen LogP contribution is 2.06. The van der Waals surface area contributed by atoms with Crippen LogP contribution in [0.15, 0.2) is 0 Å². The van der Waals surface area contributed by atoms with Crippen molar-refractivity contribution in [1.82, 2.24) is 0 Å². The lowest BCUT2D eigenvalue weighted by molar-refractivity contribution is -0.0688. The van der Waals surface area contributed by atoms with Crippen LogP contribution in [0.2, 0.25) is 0 Å². The van der Waals surface area contributed by atoms with Gasteiger partial charge in [0.1, 0.15) is 12.8 Å². The largest absolute Gasteiger partial charge is 0.391 e. The van der Waals surface area contributed by atoms with E-state index in [0.29, 0.717) is 0 Å². The van der Waals surface area contributed by atoms with Crippen molar-refractivity contribution < 1.29 is 24.8 Å². The zero-order valence-corrected chi connectivity index (χ0v) is 6.89. The number of hydrogen-bond donors (Lipinski definition) is 4. The van der Waals surface area contributed by atoms with Gasteiger partial charge in [-0.2, -0.15) is 0 Å². The summed E-state index contributed by atoms with van der Waals surface area (Å²) in [6, 6.07) is 0. The molecule has 0 saturated carbocycles. The van der Waals surface area contributed by atoms with Crippen molar-refractivity contribution in [1.29, 1.82) is 0 Å². The molecule has 0 aromatic rings. The molecule has 0 aliphatic carbocycles. The van der Waals surface area contributed by atoms with Crippen LogP contribution in [0.3, 0.4) is 0 Å². The van der Waals surface area contributed by atoms with Gasteiger partial charge in [-0.05, 0) is 6.92 Å². The third-order valence-electron chi connectivity index (χ3n) is 1.58. The molecule has 0 spiro atoms. The molecule has 0 aliphatic heterocycles. The first-order valence-electron chi connectivity index (χ1n) is 3.77. The Morgan fingerprint density at radius 2 is 1.67 bits per heavy atom. The lowest BCUT2D eigenvalue weighted by atomic mass is 10.0. The number of alkyl halides is 1. The van der Waals surface area contributed by atoms with Gasteiger partial charge in [0, 0.05) is 6.42 Å². The summed E-state index contributed by atoms with van der Waals surface area (Å²) in [5.74, 6) is 0. The SMILES string of the molecule is CC(O)C(O)C(O)CC(O)CF. The van der Waals surface area contributed by atoms with Crippen LogP contribution in [0.25, 0.3) is 0 Å². The van der Waals surface area contributed by atoms with Gasteiger partial charge >= 0.3 is 0 Å². The maximum Gasteiger partial charge on any atom is 0.115 e. The number of aliphatic hydroxyl groups excluding tert-OH is 4. The average molecular weight is 182 g/mol. The highest BCUT2D eigenvalue weighted by atomic mass is 19.1. The van der Waals surface area contributed by atoms with E-state index < -0.39 is 31.1 Å². The van der Waals surface area contributed by atoms with E-state index in [-0.39, 0.29) is 6.42 Å². The molecule has 4 unspecified atom stereocenters. The van der Waals surface area contributed by atoms with E-state index in [2.05, 4.69) is 0 Å². The molecule has 0 amide bonds. The molecule has 74 valence electrons. The van der Waals surface area contributed by atoms with E-state index >= 15 is 0 Å². The van der Waals surface area contributed by atoms with Gasteiger partial charge in [-0.1, -0.05) is 0 Å². The molecule has 4 atom stereocenters. The number of hydrogen-bond acceptors (Lipinski definition) is 4. The second-order valence-corrected chi connectivity index (χ2v) is 2.84. The van der Waals surface area contributed by atoms with Crippen molar-refractivity contribution in [2.75, 3.05) is 6.67 Å². The van der Waals surface area contributed by atoms with Crippen molar-refractivity contribution in [2.24, 2.45) is 0 Å². The smallest absolute Gasteiger partial charge is 0.115 e. The molecule has 0 saturated heterocycles. The fourth-order valence-electron chi connectivity index (χ4n) is 0.803. The molecule has 0 rings (SSSR count). The monoisotopic (exact) mass is 182 g/mol. The minimum atomic E-state index is -1.34. The highest BCUT2D eigenvalue weighted by Gasteiger charge is 2.23. The van der Waals surface area contributed by atoms with Crippen LogP contribution < -0.4 is 0 Å². The van der Waals surface area contributed by atoms with Gasteiger partial charge in [-0.25, -0.2) is 4.39 Å².